The quantitative estimate of drug-likeness (QED) is 0.443. The number of thiophene rings is 1. The number of nitrogens with one attached hydrogen (secondary N) is 1. The lowest BCUT2D eigenvalue weighted by molar-refractivity contribution is 0.0792. The highest BCUT2D eigenvalue weighted by molar-refractivity contribution is 7.89. The van der Waals surface area contributed by atoms with Gasteiger partial charge in [0.1, 0.15) is 5.00 Å². The van der Waals surface area contributed by atoms with Gasteiger partial charge in [-0.15, -0.1) is 11.3 Å². The van der Waals surface area contributed by atoms with E-state index in [4.69, 9.17) is 0 Å². The van der Waals surface area contributed by atoms with Crippen molar-refractivity contribution in [3.05, 3.63) is 81.7 Å². The molecule has 8 nitrogen and oxygen atoms in total. The second-order valence-electron chi connectivity index (χ2n) is 10.7. The van der Waals surface area contributed by atoms with Gasteiger partial charge < -0.3 is 10.2 Å². The van der Waals surface area contributed by atoms with Gasteiger partial charge in [-0.3, -0.25) is 14.5 Å². The van der Waals surface area contributed by atoms with Crippen LogP contribution in [0.3, 0.4) is 0 Å². The minimum atomic E-state index is -3.55. The molecule has 4 heterocycles. The molecule has 0 unspecified atom stereocenters. The summed E-state index contributed by atoms with van der Waals surface area (Å²) in [6.07, 6.45) is 4.49. The Kier molecular flexibility index (Phi) is 7.76. The van der Waals surface area contributed by atoms with Crippen LogP contribution in [-0.2, 0) is 29.5 Å². The molecule has 0 spiro atoms. The number of fused-ring (bicyclic) bond motifs is 1. The lowest BCUT2D eigenvalue weighted by Crippen LogP contribution is -2.32. The van der Waals surface area contributed by atoms with E-state index in [0.29, 0.717) is 29.2 Å². The molecule has 2 fully saturated rings. The van der Waals surface area contributed by atoms with Gasteiger partial charge in [-0.25, -0.2) is 8.42 Å². The predicted octanol–water partition coefficient (Wildman–Crippen LogP) is 4.58. The number of likely N-dealkylation sites (tertiary alicyclic amines) is 1. The molecular weight excluding hydrogens is 544 g/mol. The topological polar surface area (TPSA) is 90.0 Å². The Bertz CT molecular complexity index is 1490. The number of anilines is 1. The van der Waals surface area contributed by atoms with Crippen molar-refractivity contribution in [3.63, 3.8) is 0 Å². The Hall–Kier alpha value is -3.05. The Morgan fingerprint density at radius 3 is 2.23 bits per heavy atom. The Labute approximate surface area is 239 Å². The average Bonchev–Trinajstić information content (AvgIpc) is 3.75. The fourth-order valence-electron chi connectivity index (χ4n) is 5.86. The number of amides is 2. The van der Waals surface area contributed by atoms with Crippen LogP contribution in [0.25, 0.3) is 0 Å². The molecule has 2 aromatic carbocycles. The van der Waals surface area contributed by atoms with Crippen LogP contribution in [0, 0.1) is 0 Å². The van der Waals surface area contributed by atoms with Gasteiger partial charge in [0.15, 0.2) is 0 Å². The molecule has 0 radical (unpaired) electrons. The van der Waals surface area contributed by atoms with Gasteiger partial charge >= 0.3 is 0 Å². The van der Waals surface area contributed by atoms with E-state index in [2.05, 4.69) is 22.3 Å². The van der Waals surface area contributed by atoms with Gasteiger partial charge in [-0.05, 0) is 67.5 Å². The summed E-state index contributed by atoms with van der Waals surface area (Å²) in [5.41, 5.74) is 3.29. The summed E-state index contributed by atoms with van der Waals surface area (Å²) in [6.45, 7) is 4.96. The van der Waals surface area contributed by atoms with Gasteiger partial charge in [0.2, 0.25) is 10.0 Å². The maximum Gasteiger partial charge on any atom is 0.257 e. The SMILES string of the molecule is O=C(Nc1sc2c(c1C(=O)N1CCCC1)CCN(Cc1ccccc1)C2)c1ccc(S(=O)(=O)N2CCCC2)cc1. The molecule has 1 N–H and O–H groups in total. The molecule has 6 rings (SSSR count). The van der Waals surface area contributed by atoms with Crippen molar-refractivity contribution in [3.8, 4) is 0 Å². The van der Waals surface area contributed by atoms with Crippen LogP contribution in [0.5, 0.6) is 0 Å². The highest BCUT2D eigenvalue weighted by Gasteiger charge is 2.32. The Morgan fingerprint density at radius 1 is 0.850 bits per heavy atom. The Balaban J connectivity index is 1.24. The molecule has 10 heteroatoms. The number of nitrogens with zero attached hydrogens (tertiary/aromatic N) is 3. The number of benzene rings is 2. The van der Waals surface area contributed by atoms with Crippen LogP contribution in [0.4, 0.5) is 5.00 Å². The molecular formula is C30H34N4O4S2. The number of hydrogen-bond acceptors (Lipinski definition) is 6. The number of hydrogen-bond donors (Lipinski definition) is 1. The zero-order valence-corrected chi connectivity index (χ0v) is 24.1. The predicted molar refractivity (Wildman–Crippen MR) is 156 cm³/mol. The normalized spacial score (nSPS) is 18.1. The molecule has 3 aliphatic heterocycles. The summed E-state index contributed by atoms with van der Waals surface area (Å²) in [5, 5.41) is 3.61. The van der Waals surface area contributed by atoms with Crippen LogP contribution in [0.2, 0.25) is 0 Å². The molecule has 210 valence electrons. The summed E-state index contributed by atoms with van der Waals surface area (Å²) < 4.78 is 27.3. The number of rotatable bonds is 7. The second kappa shape index (κ2) is 11.4. The van der Waals surface area contributed by atoms with Crippen molar-refractivity contribution in [2.24, 2.45) is 0 Å². The molecule has 0 atom stereocenters. The van der Waals surface area contributed by atoms with Crippen molar-refractivity contribution in [1.82, 2.24) is 14.1 Å². The van der Waals surface area contributed by atoms with E-state index in [1.54, 1.807) is 12.1 Å². The molecule has 2 amide bonds. The summed E-state index contributed by atoms with van der Waals surface area (Å²) in [5.74, 6) is -0.353. The summed E-state index contributed by atoms with van der Waals surface area (Å²) in [6, 6.07) is 16.5. The molecule has 2 saturated heterocycles. The molecule has 3 aliphatic rings. The van der Waals surface area contributed by atoms with Gasteiger partial charge in [0.25, 0.3) is 11.8 Å². The second-order valence-corrected chi connectivity index (χ2v) is 13.8. The molecule has 0 aliphatic carbocycles. The highest BCUT2D eigenvalue weighted by Crippen LogP contribution is 2.39. The first-order chi connectivity index (χ1) is 19.4. The standard InChI is InChI=1S/C30H34N4O4S2/c35-28(23-10-12-24(13-11-23)40(37,38)34-17-6-7-18-34)31-29-27(30(36)33-15-4-5-16-33)25-14-19-32(21-26(25)39-29)20-22-8-2-1-3-9-22/h1-3,8-13H,4-7,14-21H2,(H,31,35). The monoisotopic (exact) mass is 578 g/mol. The minimum absolute atomic E-state index is 0.00568. The first kappa shape index (κ1) is 27.1. The first-order valence-corrected chi connectivity index (χ1v) is 16.3. The van der Waals surface area contributed by atoms with E-state index in [1.165, 1.54) is 33.3 Å². The zero-order chi connectivity index (χ0) is 27.7. The van der Waals surface area contributed by atoms with Gasteiger partial charge in [0.05, 0.1) is 10.5 Å². The van der Waals surface area contributed by atoms with Crippen molar-refractivity contribution >= 4 is 38.2 Å². The first-order valence-electron chi connectivity index (χ1n) is 14.0. The molecule has 3 aromatic rings. The van der Waals surface area contributed by atoms with Crippen LogP contribution in [0.15, 0.2) is 59.5 Å². The van der Waals surface area contributed by atoms with Crippen LogP contribution in [-0.4, -0.2) is 67.1 Å². The smallest absolute Gasteiger partial charge is 0.257 e. The van der Waals surface area contributed by atoms with Gasteiger partial charge in [-0.2, -0.15) is 4.31 Å². The third-order valence-corrected chi connectivity index (χ3v) is 11.1. The minimum Gasteiger partial charge on any atom is -0.339 e. The number of carbonyl (C=O) groups is 2. The van der Waals surface area contributed by atoms with Crippen LogP contribution >= 0.6 is 11.3 Å². The van der Waals surface area contributed by atoms with Crippen molar-refractivity contribution in [2.45, 2.75) is 50.1 Å². The highest BCUT2D eigenvalue weighted by atomic mass is 32.2. The maximum atomic E-state index is 13.7. The van der Waals surface area contributed by atoms with Crippen molar-refractivity contribution < 1.29 is 18.0 Å². The zero-order valence-electron chi connectivity index (χ0n) is 22.5. The van der Waals surface area contributed by atoms with Crippen LogP contribution in [0.1, 0.15) is 62.4 Å². The van der Waals surface area contributed by atoms with Gasteiger partial charge in [-0.1, -0.05) is 30.3 Å². The van der Waals surface area contributed by atoms with E-state index >= 15 is 0 Å². The lowest BCUT2D eigenvalue weighted by Gasteiger charge is -2.27. The molecule has 0 saturated carbocycles. The fraction of sp³-hybridized carbons (Fsp3) is 0.400. The molecule has 0 bridgehead atoms. The number of carbonyl (C=O) groups excluding carboxylic acids is 2. The molecule has 40 heavy (non-hydrogen) atoms. The maximum absolute atomic E-state index is 13.7. The third-order valence-electron chi connectivity index (χ3n) is 8.04. The van der Waals surface area contributed by atoms with Crippen molar-refractivity contribution in [1.29, 1.82) is 0 Å². The fourth-order valence-corrected chi connectivity index (χ4v) is 8.65. The molecule has 1 aromatic heterocycles. The van der Waals surface area contributed by atoms with Gasteiger partial charge in [0, 0.05) is 56.3 Å². The van der Waals surface area contributed by atoms with Crippen molar-refractivity contribution in [2.75, 3.05) is 38.0 Å². The van der Waals surface area contributed by atoms with Crippen LogP contribution < -0.4 is 5.32 Å². The number of sulfonamides is 1. The van der Waals surface area contributed by atoms with E-state index in [0.717, 1.165) is 75.3 Å². The average molecular weight is 579 g/mol. The van der Waals surface area contributed by atoms with E-state index < -0.39 is 10.0 Å². The summed E-state index contributed by atoms with van der Waals surface area (Å²) in [4.78, 5) is 32.6. The van der Waals surface area contributed by atoms with E-state index in [-0.39, 0.29) is 16.7 Å². The summed E-state index contributed by atoms with van der Waals surface area (Å²) in [7, 11) is -3.55. The lowest BCUT2D eigenvalue weighted by atomic mass is 10.0. The Morgan fingerprint density at radius 2 is 1.52 bits per heavy atom. The third kappa shape index (κ3) is 5.45. The largest absolute Gasteiger partial charge is 0.339 e. The summed E-state index contributed by atoms with van der Waals surface area (Å²) >= 11 is 1.49. The van der Waals surface area contributed by atoms with E-state index in [9.17, 15) is 18.0 Å². The van der Waals surface area contributed by atoms with E-state index in [1.807, 2.05) is 23.1 Å².